The van der Waals surface area contributed by atoms with Gasteiger partial charge in [0, 0.05) is 36.5 Å². The van der Waals surface area contributed by atoms with Crippen molar-refractivity contribution in [3.63, 3.8) is 0 Å². The normalized spacial score (nSPS) is 16.4. The molecule has 3 heterocycles. The van der Waals surface area contributed by atoms with Crippen LogP contribution in [0, 0.1) is 11.7 Å². The first-order valence-corrected chi connectivity index (χ1v) is 10.6. The Balaban J connectivity index is 1.28. The molecule has 1 aliphatic rings. The zero-order valence-corrected chi connectivity index (χ0v) is 17.7. The molecule has 1 atom stereocenters. The van der Waals surface area contributed by atoms with Crippen molar-refractivity contribution in [2.45, 2.75) is 19.3 Å². The second-order valence-corrected chi connectivity index (χ2v) is 8.09. The highest BCUT2D eigenvalue weighted by atomic mass is 19.1. The van der Waals surface area contributed by atoms with E-state index >= 15 is 0 Å². The Morgan fingerprint density at radius 1 is 1.28 bits per heavy atom. The molecule has 0 aliphatic carbocycles. The summed E-state index contributed by atoms with van der Waals surface area (Å²) >= 11 is 0. The van der Waals surface area contributed by atoms with Crippen molar-refractivity contribution in [2.75, 3.05) is 20.2 Å². The number of carbonyl (C=O) groups is 1. The Bertz CT molecular complexity index is 1270. The maximum Gasteiger partial charge on any atom is 0.270 e. The summed E-state index contributed by atoms with van der Waals surface area (Å²) in [5.74, 6) is 1.24. The first-order chi connectivity index (χ1) is 15.6. The van der Waals surface area contributed by atoms with E-state index in [1.165, 1.54) is 6.07 Å². The second kappa shape index (κ2) is 8.45. The third-order valence-electron chi connectivity index (χ3n) is 5.91. The van der Waals surface area contributed by atoms with E-state index in [0.29, 0.717) is 36.7 Å². The number of hydrogen-bond acceptors (Lipinski definition) is 5. The number of aromatic amines is 1. The Labute approximate surface area is 184 Å². The smallest absolute Gasteiger partial charge is 0.270 e. The zero-order chi connectivity index (χ0) is 22.1. The van der Waals surface area contributed by atoms with E-state index in [1.807, 2.05) is 29.2 Å². The topological polar surface area (TPSA) is 84.2 Å². The maximum absolute atomic E-state index is 14.0. The van der Waals surface area contributed by atoms with E-state index < -0.39 is 0 Å². The minimum Gasteiger partial charge on any atom is -0.497 e. The number of likely N-dealkylation sites (tertiary alicyclic amines) is 1. The van der Waals surface area contributed by atoms with Crippen molar-refractivity contribution in [3.05, 3.63) is 65.9 Å². The Morgan fingerprint density at radius 2 is 2.16 bits per heavy atom. The van der Waals surface area contributed by atoms with Gasteiger partial charge in [0.05, 0.1) is 12.7 Å². The summed E-state index contributed by atoms with van der Waals surface area (Å²) in [6, 6.07) is 13.9. The number of ether oxygens (including phenoxy) is 1. The average molecular weight is 434 g/mol. The number of carbonyl (C=O) groups excluding carboxylic acids is 1. The summed E-state index contributed by atoms with van der Waals surface area (Å²) in [5.41, 5.74) is 1.75. The molecule has 0 bridgehead atoms. The molecule has 7 nitrogen and oxygen atoms in total. The Hall–Kier alpha value is -3.68. The third kappa shape index (κ3) is 3.95. The van der Waals surface area contributed by atoms with E-state index in [4.69, 9.17) is 9.26 Å². The Morgan fingerprint density at radius 3 is 3.00 bits per heavy atom. The monoisotopic (exact) mass is 434 g/mol. The molecule has 1 amide bonds. The second-order valence-electron chi connectivity index (χ2n) is 8.09. The number of aromatic nitrogens is 3. The fourth-order valence-corrected chi connectivity index (χ4v) is 4.27. The van der Waals surface area contributed by atoms with Crippen LogP contribution in [-0.2, 0) is 6.42 Å². The SMILES string of the molecule is COc1ccc2cc(C(=O)N3CCC[C@@H](Cc4nc(-c5ccccc5F)no4)C3)[nH]c2c1. The summed E-state index contributed by atoms with van der Waals surface area (Å²) in [7, 11) is 1.62. The molecule has 0 saturated carbocycles. The molecule has 5 rings (SSSR count). The molecule has 2 aromatic carbocycles. The first kappa shape index (κ1) is 20.2. The summed E-state index contributed by atoms with van der Waals surface area (Å²) in [4.78, 5) is 22.6. The molecule has 0 radical (unpaired) electrons. The summed E-state index contributed by atoms with van der Waals surface area (Å²) in [5, 5.41) is 4.90. The van der Waals surface area contributed by atoms with Crippen LogP contribution in [0.5, 0.6) is 5.75 Å². The molecular weight excluding hydrogens is 411 g/mol. The fraction of sp³-hybridized carbons (Fsp3) is 0.292. The van der Waals surface area contributed by atoms with E-state index in [0.717, 1.165) is 29.5 Å². The molecule has 0 spiro atoms. The van der Waals surface area contributed by atoms with Crippen LogP contribution >= 0.6 is 0 Å². The number of benzene rings is 2. The highest BCUT2D eigenvalue weighted by Crippen LogP contribution is 2.26. The van der Waals surface area contributed by atoms with Crippen LogP contribution in [0.25, 0.3) is 22.3 Å². The van der Waals surface area contributed by atoms with Crippen LogP contribution in [0.1, 0.15) is 29.2 Å². The number of piperidine rings is 1. The van der Waals surface area contributed by atoms with Gasteiger partial charge in [-0.1, -0.05) is 17.3 Å². The molecule has 164 valence electrons. The summed E-state index contributed by atoms with van der Waals surface area (Å²) < 4.78 is 24.6. The van der Waals surface area contributed by atoms with Crippen molar-refractivity contribution >= 4 is 16.8 Å². The standard InChI is InChI=1S/C24H23FN4O3/c1-31-17-9-8-16-12-21(26-20(16)13-17)24(30)29-10-4-5-15(14-29)11-22-27-23(28-32-22)18-6-2-3-7-19(18)25/h2-3,6-9,12-13,15,26H,4-5,10-11,14H2,1H3/t15-/m0/s1. The molecule has 32 heavy (non-hydrogen) atoms. The van der Waals surface area contributed by atoms with Crippen molar-refractivity contribution in [1.29, 1.82) is 0 Å². The van der Waals surface area contributed by atoms with E-state index in [9.17, 15) is 9.18 Å². The molecule has 1 aliphatic heterocycles. The number of nitrogens with one attached hydrogen (secondary N) is 1. The van der Waals surface area contributed by atoms with Gasteiger partial charge in [-0.3, -0.25) is 4.79 Å². The lowest BCUT2D eigenvalue weighted by Gasteiger charge is -2.31. The highest BCUT2D eigenvalue weighted by Gasteiger charge is 2.27. The van der Waals surface area contributed by atoms with Gasteiger partial charge in [0.1, 0.15) is 17.3 Å². The fourth-order valence-electron chi connectivity index (χ4n) is 4.27. The lowest BCUT2D eigenvalue weighted by atomic mass is 9.94. The van der Waals surface area contributed by atoms with Gasteiger partial charge in [-0.05, 0) is 49.1 Å². The number of H-pyrrole nitrogens is 1. The molecule has 1 N–H and O–H groups in total. The van der Waals surface area contributed by atoms with Crippen molar-refractivity contribution in [1.82, 2.24) is 20.0 Å². The minimum absolute atomic E-state index is 0.0255. The molecule has 1 fully saturated rings. The van der Waals surface area contributed by atoms with Crippen LogP contribution in [0.4, 0.5) is 4.39 Å². The van der Waals surface area contributed by atoms with E-state index in [-0.39, 0.29) is 23.5 Å². The largest absolute Gasteiger partial charge is 0.497 e. The molecule has 1 saturated heterocycles. The number of halogens is 1. The number of hydrogen-bond donors (Lipinski definition) is 1. The van der Waals surface area contributed by atoms with Gasteiger partial charge in [0.15, 0.2) is 0 Å². The number of rotatable bonds is 5. The van der Waals surface area contributed by atoms with E-state index in [1.54, 1.807) is 25.3 Å². The Kier molecular flexibility index (Phi) is 5.34. The average Bonchev–Trinajstić information content (AvgIpc) is 3.45. The number of fused-ring (bicyclic) bond motifs is 1. The summed E-state index contributed by atoms with van der Waals surface area (Å²) in [6.07, 6.45) is 2.42. The van der Waals surface area contributed by atoms with Gasteiger partial charge in [-0.15, -0.1) is 0 Å². The van der Waals surface area contributed by atoms with Crippen LogP contribution in [-0.4, -0.2) is 46.1 Å². The molecular formula is C24H23FN4O3. The number of nitrogens with zero attached hydrogens (tertiary/aromatic N) is 3. The van der Waals surface area contributed by atoms with Crippen LogP contribution in [0.2, 0.25) is 0 Å². The molecule has 8 heteroatoms. The predicted octanol–water partition coefficient (Wildman–Crippen LogP) is 4.46. The predicted molar refractivity (Wildman–Crippen MR) is 117 cm³/mol. The molecule has 2 aromatic heterocycles. The first-order valence-electron chi connectivity index (χ1n) is 10.6. The van der Waals surface area contributed by atoms with Crippen LogP contribution in [0.15, 0.2) is 53.1 Å². The maximum atomic E-state index is 14.0. The van der Waals surface area contributed by atoms with Crippen molar-refractivity contribution < 1.29 is 18.4 Å². The lowest BCUT2D eigenvalue weighted by Crippen LogP contribution is -2.40. The number of methoxy groups -OCH3 is 1. The summed E-state index contributed by atoms with van der Waals surface area (Å²) in [6.45, 7) is 1.31. The van der Waals surface area contributed by atoms with Gasteiger partial charge in [-0.25, -0.2) is 4.39 Å². The quantitative estimate of drug-likeness (QED) is 0.501. The molecule has 4 aromatic rings. The van der Waals surface area contributed by atoms with Gasteiger partial charge in [-0.2, -0.15) is 4.98 Å². The van der Waals surface area contributed by atoms with Gasteiger partial charge >= 0.3 is 0 Å². The van der Waals surface area contributed by atoms with Crippen molar-refractivity contribution in [2.24, 2.45) is 5.92 Å². The van der Waals surface area contributed by atoms with Crippen LogP contribution < -0.4 is 4.74 Å². The number of amides is 1. The van der Waals surface area contributed by atoms with Gasteiger partial charge < -0.3 is 19.1 Å². The van der Waals surface area contributed by atoms with E-state index in [2.05, 4.69) is 15.1 Å². The van der Waals surface area contributed by atoms with Crippen molar-refractivity contribution in [3.8, 4) is 17.1 Å². The third-order valence-corrected chi connectivity index (χ3v) is 5.91. The van der Waals surface area contributed by atoms with Gasteiger partial charge in [0.2, 0.25) is 11.7 Å². The zero-order valence-electron chi connectivity index (χ0n) is 17.7. The molecule has 0 unspecified atom stereocenters. The highest BCUT2D eigenvalue weighted by molar-refractivity contribution is 5.98. The van der Waals surface area contributed by atoms with Gasteiger partial charge in [0.25, 0.3) is 5.91 Å². The van der Waals surface area contributed by atoms with Crippen LogP contribution in [0.3, 0.4) is 0 Å². The minimum atomic E-state index is -0.384. The lowest BCUT2D eigenvalue weighted by molar-refractivity contribution is 0.0663.